The number of benzene rings is 2. The molecule has 0 saturated carbocycles. The summed E-state index contributed by atoms with van der Waals surface area (Å²) in [6.07, 6.45) is 5.04. The number of aromatic nitrogens is 2. The average molecular weight is 331 g/mol. The zero-order valence-corrected chi connectivity index (χ0v) is 12.9. The van der Waals surface area contributed by atoms with Crippen molar-refractivity contribution in [2.45, 2.75) is 11.4 Å². The standard InChI is InChI=1S/C16H14FN3O2S/c17-14-6-2-4-8-16(14)23(21,22)19-11-13-5-1-3-7-15(13)20-10-9-18-12-20/h1-10,12,19H,11H2. The number of rotatable bonds is 5. The van der Waals surface area contributed by atoms with Gasteiger partial charge in [0, 0.05) is 18.9 Å². The van der Waals surface area contributed by atoms with Crippen molar-refractivity contribution in [1.29, 1.82) is 0 Å². The van der Waals surface area contributed by atoms with E-state index in [9.17, 15) is 12.8 Å². The van der Waals surface area contributed by atoms with Gasteiger partial charge in [0.05, 0.1) is 12.0 Å². The van der Waals surface area contributed by atoms with Crippen LogP contribution in [0.3, 0.4) is 0 Å². The third-order valence-electron chi connectivity index (χ3n) is 3.35. The van der Waals surface area contributed by atoms with Crippen LogP contribution < -0.4 is 4.72 Å². The first kappa shape index (κ1) is 15.4. The van der Waals surface area contributed by atoms with Gasteiger partial charge < -0.3 is 4.57 Å². The Balaban J connectivity index is 1.86. The number of halogens is 1. The summed E-state index contributed by atoms with van der Waals surface area (Å²) in [6.45, 7) is 0.0466. The zero-order valence-electron chi connectivity index (χ0n) is 12.1. The van der Waals surface area contributed by atoms with Crippen LogP contribution in [0.15, 0.2) is 72.1 Å². The van der Waals surface area contributed by atoms with Crippen LogP contribution in [0.25, 0.3) is 5.69 Å². The minimum Gasteiger partial charge on any atom is -0.306 e. The van der Waals surface area contributed by atoms with Gasteiger partial charge in [-0.15, -0.1) is 0 Å². The number of nitrogens with one attached hydrogen (secondary N) is 1. The van der Waals surface area contributed by atoms with E-state index in [2.05, 4.69) is 9.71 Å². The van der Waals surface area contributed by atoms with Gasteiger partial charge in [-0.05, 0) is 23.8 Å². The molecule has 0 unspecified atom stereocenters. The maximum absolute atomic E-state index is 13.7. The van der Waals surface area contributed by atoms with Gasteiger partial charge in [-0.25, -0.2) is 22.5 Å². The molecular weight excluding hydrogens is 317 g/mol. The molecule has 1 aromatic heterocycles. The predicted molar refractivity (Wildman–Crippen MR) is 84.0 cm³/mol. The van der Waals surface area contributed by atoms with Crippen LogP contribution in [0.5, 0.6) is 0 Å². The van der Waals surface area contributed by atoms with Gasteiger partial charge in [-0.1, -0.05) is 30.3 Å². The predicted octanol–water partition coefficient (Wildman–Crippen LogP) is 2.49. The van der Waals surface area contributed by atoms with Crippen LogP contribution in [0.1, 0.15) is 5.56 Å². The summed E-state index contributed by atoms with van der Waals surface area (Å²) in [5.74, 6) is -0.775. The maximum Gasteiger partial charge on any atom is 0.243 e. The van der Waals surface area contributed by atoms with Crippen LogP contribution in [-0.4, -0.2) is 18.0 Å². The van der Waals surface area contributed by atoms with E-state index in [1.165, 1.54) is 18.2 Å². The fourth-order valence-electron chi connectivity index (χ4n) is 2.23. The average Bonchev–Trinajstić information content (AvgIpc) is 3.08. The highest BCUT2D eigenvalue weighted by molar-refractivity contribution is 7.89. The van der Waals surface area contributed by atoms with Gasteiger partial charge >= 0.3 is 0 Å². The molecule has 0 bridgehead atoms. The lowest BCUT2D eigenvalue weighted by Crippen LogP contribution is -2.24. The number of nitrogens with zero attached hydrogens (tertiary/aromatic N) is 2. The number of hydrogen-bond acceptors (Lipinski definition) is 3. The molecule has 0 saturated heterocycles. The Kier molecular flexibility index (Phi) is 4.22. The smallest absolute Gasteiger partial charge is 0.243 e. The molecule has 1 N–H and O–H groups in total. The van der Waals surface area contributed by atoms with E-state index < -0.39 is 15.8 Å². The normalized spacial score (nSPS) is 11.5. The maximum atomic E-state index is 13.7. The van der Waals surface area contributed by atoms with E-state index in [4.69, 9.17) is 0 Å². The molecule has 0 amide bonds. The first-order chi connectivity index (χ1) is 11.1. The minimum absolute atomic E-state index is 0.0466. The fourth-order valence-corrected chi connectivity index (χ4v) is 3.31. The molecule has 7 heteroatoms. The molecule has 3 aromatic rings. The molecular formula is C16H14FN3O2S. The molecule has 118 valence electrons. The highest BCUT2D eigenvalue weighted by Gasteiger charge is 2.18. The van der Waals surface area contributed by atoms with Gasteiger partial charge in [0.15, 0.2) is 0 Å². The third kappa shape index (κ3) is 3.30. The SMILES string of the molecule is O=S(=O)(NCc1ccccc1-n1ccnc1)c1ccccc1F. The lowest BCUT2D eigenvalue weighted by atomic mass is 10.2. The molecule has 1 heterocycles. The molecule has 0 radical (unpaired) electrons. The second-order valence-corrected chi connectivity index (χ2v) is 6.59. The molecule has 0 aliphatic heterocycles. The Morgan fingerprint density at radius 3 is 2.57 bits per heavy atom. The lowest BCUT2D eigenvalue weighted by molar-refractivity contribution is 0.556. The van der Waals surface area contributed by atoms with Gasteiger partial charge in [-0.3, -0.25) is 0 Å². The number of para-hydroxylation sites is 1. The number of hydrogen-bond donors (Lipinski definition) is 1. The highest BCUT2D eigenvalue weighted by Crippen LogP contribution is 2.17. The van der Waals surface area contributed by atoms with Crippen molar-refractivity contribution < 1.29 is 12.8 Å². The summed E-state index contributed by atoms with van der Waals surface area (Å²) in [5, 5.41) is 0. The molecule has 2 aromatic carbocycles. The van der Waals surface area contributed by atoms with Crippen molar-refractivity contribution in [2.24, 2.45) is 0 Å². The van der Waals surface area contributed by atoms with Crippen LogP contribution in [0.2, 0.25) is 0 Å². The van der Waals surface area contributed by atoms with Crippen molar-refractivity contribution in [3.05, 3.63) is 78.6 Å². The van der Waals surface area contributed by atoms with E-state index in [0.717, 1.165) is 17.3 Å². The molecule has 3 rings (SSSR count). The van der Waals surface area contributed by atoms with Crippen LogP contribution >= 0.6 is 0 Å². The summed E-state index contributed by atoms with van der Waals surface area (Å²) >= 11 is 0. The molecule has 0 aliphatic carbocycles. The van der Waals surface area contributed by atoms with E-state index >= 15 is 0 Å². The van der Waals surface area contributed by atoms with E-state index in [1.807, 2.05) is 18.2 Å². The van der Waals surface area contributed by atoms with Gasteiger partial charge in [-0.2, -0.15) is 0 Å². The summed E-state index contributed by atoms with van der Waals surface area (Å²) < 4.78 is 42.4. The van der Waals surface area contributed by atoms with Crippen molar-refractivity contribution in [3.8, 4) is 5.69 Å². The Bertz CT molecular complexity index is 909. The lowest BCUT2D eigenvalue weighted by Gasteiger charge is -2.12. The Labute approximate surface area is 133 Å². The molecule has 0 fully saturated rings. The first-order valence-corrected chi connectivity index (χ1v) is 8.37. The van der Waals surface area contributed by atoms with Crippen LogP contribution in [0.4, 0.5) is 4.39 Å². The third-order valence-corrected chi connectivity index (χ3v) is 4.79. The van der Waals surface area contributed by atoms with Gasteiger partial charge in [0.25, 0.3) is 0 Å². The first-order valence-electron chi connectivity index (χ1n) is 6.88. The van der Waals surface area contributed by atoms with Crippen LogP contribution in [-0.2, 0) is 16.6 Å². The molecule has 23 heavy (non-hydrogen) atoms. The fraction of sp³-hybridized carbons (Fsp3) is 0.0625. The van der Waals surface area contributed by atoms with Gasteiger partial charge in [0.1, 0.15) is 10.7 Å². The van der Waals surface area contributed by atoms with Crippen molar-refractivity contribution in [1.82, 2.24) is 14.3 Å². The molecule has 5 nitrogen and oxygen atoms in total. The van der Waals surface area contributed by atoms with Crippen LogP contribution in [0, 0.1) is 5.82 Å². The molecule has 0 spiro atoms. The van der Waals surface area contributed by atoms with E-state index in [1.54, 1.807) is 29.4 Å². The number of imidazole rings is 1. The number of sulfonamides is 1. The van der Waals surface area contributed by atoms with E-state index in [-0.39, 0.29) is 11.4 Å². The Morgan fingerprint density at radius 1 is 1.09 bits per heavy atom. The highest BCUT2D eigenvalue weighted by atomic mass is 32.2. The van der Waals surface area contributed by atoms with E-state index in [0.29, 0.717) is 0 Å². The van der Waals surface area contributed by atoms with Crippen molar-refractivity contribution in [2.75, 3.05) is 0 Å². The summed E-state index contributed by atoms with van der Waals surface area (Å²) in [6, 6.07) is 12.6. The molecule has 0 aliphatic rings. The molecule has 0 atom stereocenters. The largest absolute Gasteiger partial charge is 0.306 e. The van der Waals surface area contributed by atoms with Crippen molar-refractivity contribution >= 4 is 10.0 Å². The summed E-state index contributed by atoms with van der Waals surface area (Å²) in [5.41, 5.74) is 1.56. The summed E-state index contributed by atoms with van der Waals surface area (Å²) in [4.78, 5) is 3.62. The quantitative estimate of drug-likeness (QED) is 0.781. The topological polar surface area (TPSA) is 64.0 Å². The zero-order chi connectivity index (χ0) is 16.3. The second-order valence-electron chi connectivity index (χ2n) is 4.85. The van der Waals surface area contributed by atoms with Crippen molar-refractivity contribution in [3.63, 3.8) is 0 Å². The Hall–Kier alpha value is -2.51. The monoisotopic (exact) mass is 331 g/mol. The Morgan fingerprint density at radius 2 is 1.83 bits per heavy atom. The summed E-state index contributed by atoms with van der Waals surface area (Å²) in [7, 11) is -3.92. The van der Waals surface area contributed by atoms with Gasteiger partial charge in [0.2, 0.25) is 10.0 Å². The second kappa shape index (κ2) is 6.31. The minimum atomic E-state index is -3.92.